The lowest BCUT2D eigenvalue weighted by Gasteiger charge is -2.41. The zero-order valence-corrected chi connectivity index (χ0v) is 18.5. The van der Waals surface area contributed by atoms with Crippen molar-refractivity contribution in [3.8, 4) is 10.7 Å². The van der Waals surface area contributed by atoms with E-state index < -0.39 is 0 Å². The number of hydrogen-bond acceptors (Lipinski definition) is 8. The van der Waals surface area contributed by atoms with Gasteiger partial charge in [-0.3, -0.25) is 9.78 Å². The molecular weight excluding hydrogens is 427 g/mol. The van der Waals surface area contributed by atoms with Crippen LogP contribution in [0.4, 0.5) is 10.2 Å². The third-order valence-electron chi connectivity index (χ3n) is 6.45. The molecule has 0 amide bonds. The summed E-state index contributed by atoms with van der Waals surface area (Å²) in [6.07, 6.45) is 8.52. The average Bonchev–Trinajstić information content (AvgIpc) is 3.21. The molecule has 1 saturated carbocycles. The summed E-state index contributed by atoms with van der Waals surface area (Å²) in [5.41, 5.74) is 0.945. The van der Waals surface area contributed by atoms with Crippen LogP contribution in [0.25, 0.3) is 10.7 Å². The van der Waals surface area contributed by atoms with Crippen molar-refractivity contribution in [3.05, 3.63) is 53.0 Å². The number of pyridine rings is 1. The van der Waals surface area contributed by atoms with E-state index in [-0.39, 0.29) is 23.1 Å². The van der Waals surface area contributed by atoms with E-state index in [1.807, 2.05) is 18.3 Å². The SMILES string of the molecule is O=C(CCc1cnc(-c2ccc(NCC3(c4ncccc4F)CCC3)nn2)s1)[C@@H]1CCN1. The second-order valence-electron chi connectivity index (χ2n) is 8.52. The summed E-state index contributed by atoms with van der Waals surface area (Å²) < 4.78 is 14.3. The Labute approximate surface area is 189 Å². The van der Waals surface area contributed by atoms with Crippen LogP contribution in [0, 0.1) is 5.82 Å². The number of nitrogens with zero attached hydrogens (tertiary/aromatic N) is 4. The molecule has 5 rings (SSSR count). The number of halogens is 1. The fourth-order valence-electron chi connectivity index (χ4n) is 4.20. The normalized spacial score (nSPS) is 19.1. The van der Waals surface area contributed by atoms with Crippen LogP contribution in [-0.2, 0) is 16.6 Å². The Morgan fingerprint density at radius 1 is 1.25 bits per heavy atom. The van der Waals surface area contributed by atoms with Gasteiger partial charge in [-0.05, 0) is 56.5 Å². The smallest absolute Gasteiger partial charge is 0.150 e. The van der Waals surface area contributed by atoms with Crippen molar-refractivity contribution in [2.24, 2.45) is 0 Å². The van der Waals surface area contributed by atoms with Crippen LogP contribution in [-0.4, -0.2) is 45.1 Å². The molecule has 2 N–H and O–H groups in total. The number of rotatable bonds is 9. The van der Waals surface area contributed by atoms with E-state index in [1.165, 1.54) is 6.07 Å². The molecule has 0 spiro atoms. The fourth-order valence-corrected chi connectivity index (χ4v) is 5.08. The van der Waals surface area contributed by atoms with Crippen molar-refractivity contribution >= 4 is 22.9 Å². The van der Waals surface area contributed by atoms with Gasteiger partial charge >= 0.3 is 0 Å². The first-order valence-electron chi connectivity index (χ1n) is 11.0. The Bertz CT molecular complexity index is 1090. The molecule has 1 atom stereocenters. The molecule has 0 aromatic carbocycles. The fraction of sp³-hybridized carbons (Fsp3) is 0.435. The van der Waals surface area contributed by atoms with E-state index in [0.717, 1.165) is 42.1 Å². The van der Waals surface area contributed by atoms with E-state index in [4.69, 9.17) is 0 Å². The average molecular weight is 453 g/mol. The molecule has 7 nitrogen and oxygen atoms in total. The number of thiazole rings is 1. The lowest BCUT2D eigenvalue weighted by atomic mass is 9.66. The maximum atomic E-state index is 14.3. The Morgan fingerprint density at radius 2 is 2.12 bits per heavy atom. The Morgan fingerprint density at radius 3 is 2.78 bits per heavy atom. The Hall–Kier alpha value is -2.78. The molecule has 0 radical (unpaired) electrons. The van der Waals surface area contributed by atoms with Crippen molar-refractivity contribution in [3.63, 3.8) is 0 Å². The van der Waals surface area contributed by atoms with E-state index >= 15 is 0 Å². The summed E-state index contributed by atoms with van der Waals surface area (Å²) in [6, 6.07) is 6.89. The third kappa shape index (κ3) is 4.27. The van der Waals surface area contributed by atoms with Crippen molar-refractivity contribution in [2.45, 2.75) is 50.0 Å². The van der Waals surface area contributed by atoms with Gasteiger partial charge in [-0.15, -0.1) is 21.5 Å². The molecule has 166 valence electrons. The molecule has 1 aliphatic heterocycles. The predicted octanol–water partition coefficient (Wildman–Crippen LogP) is 3.53. The summed E-state index contributed by atoms with van der Waals surface area (Å²) in [5, 5.41) is 15.8. The highest BCUT2D eigenvalue weighted by atomic mass is 32.1. The molecule has 0 unspecified atom stereocenters. The van der Waals surface area contributed by atoms with Gasteiger partial charge in [0.2, 0.25) is 0 Å². The second-order valence-corrected chi connectivity index (χ2v) is 9.63. The number of carbonyl (C=O) groups is 1. The van der Waals surface area contributed by atoms with Crippen LogP contribution < -0.4 is 10.6 Å². The maximum absolute atomic E-state index is 14.3. The van der Waals surface area contributed by atoms with Gasteiger partial charge in [0.1, 0.15) is 28.1 Å². The van der Waals surface area contributed by atoms with Gasteiger partial charge < -0.3 is 10.6 Å². The molecule has 4 heterocycles. The summed E-state index contributed by atoms with van der Waals surface area (Å²) in [4.78, 5) is 21.9. The minimum atomic E-state index is -0.289. The van der Waals surface area contributed by atoms with E-state index in [0.29, 0.717) is 36.6 Å². The van der Waals surface area contributed by atoms with Crippen LogP contribution >= 0.6 is 11.3 Å². The van der Waals surface area contributed by atoms with E-state index in [1.54, 1.807) is 23.6 Å². The van der Waals surface area contributed by atoms with Crippen LogP contribution in [0.2, 0.25) is 0 Å². The molecule has 3 aromatic heterocycles. The lowest BCUT2D eigenvalue weighted by Crippen LogP contribution is -2.48. The number of Topliss-reactive ketones (excluding diaryl/α,β-unsaturated/α-hetero) is 1. The molecule has 1 saturated heterocycles. The zero-order chi connectivity index (χ0) is 22.0. The molecule has 9 heteroatoms. The molecule has 2 aliphatic rings. The topological polar surface area (TPSA) is 92.7 Å². The Balaban J connectivity index is 1.19. The summed E-state index contributed by atoms with van der Waals surface area (Å²) in [6.45, 7) is 1.51. The van der Waals surface area contributed by atoms with Gasteiger partial charge in [0.25, 0.3) is 0 Å². The molecule has 1 aliphatic carbocycles. The van der Waals surface area contributed by atoms with Gasteiger partial charge in [0.05, 0.1) is 11.7 Å². The largest absolute Gasteiger partial charge is 0.368 e. The molecule has 0 bridgehead atoms. The van der Waals surface area contributed by atoms with Crippen LogP contribution in [0.3, 0.4) is 0 Å². The predicted molar refractivity (Wildman–Crippen MR) is 121 cm³/mol. The number of anilines is 1. The number of nitrogens with one attached hydrogen (secondary N) is 2. The zero-order valence-electron chi connectivity index (χ0n) is 17.7. The van der Waals surface area contributed by atoms with Crippen molar-refractivity contribution in [2.75, 3.05) is 18.4 Å². The van der Waals surface area contributed by atoms with Gasteiger partial charge in [0, 0.05) is 35.7 Å². The highest BCUT2D eigenvalue weighted by Gasteiger charge is 2.41. The summed E-state index contributed by atoms with van der Waals surface area (Å²) in [7, 11) is 0. The minimum absolute atomic E-state index is 0.0431. The number of ketones is 1. The number of aromatic nitrogens is 4. The summed E-state index contributed by atoms with van der Waals surface area (Å²) >= 11 is 1.54. The second kappa shape index (κ2) is 8.99. The molecule has 2 fully saturated rings. The number of carbonyl (C=O) groups excluding carboxylic acids is 1. The number of aryl methyl sites for hydroxylation is 1. The van der Waals surface area contributed by atoms with Gasteiger partial charge in [0.15, 0.2) is 0 Å². The quantitative estimate of drug-likeness (QED) is 0.513. The van der Waals surface area contributed by atoms with Crippen molar-refractivity contribution in [1.29, 1.82) is 0 Å². The lowest BCUT2D eigenvalue weighted by molar-refractivity contribution is -0.122. The highest BCUT2D eigenvalue weighted by Crippen LogP contribution is 2.43. The van der Waals surface area contributed by atoms with E-state index in [2.05, 4.69) is 30.8 Å². The summed E-state index contributed by atoms with van der Waals surface area (Å²) in [5.74, 6) is 0.670. The molecule has 32 heavy (non-hydrogen) atoms. The molecule has 3 aromatic rings. The third-order valence-corrected chi connectivity index (χ3v) is 7.53. The van der Waals surface area contributed by atoms with Crippen LogP contribution in [0.1, 0.15) is 42.7 Å². The van der Waals surface area contributed by atoms with Gasteiger partial charge in [-0.2, -0.15) is 0 Å². The van der Waals surface area contributed by atoms with Crippen LogP contribution in [0.5, 0.6) is 0 Å². The number of hydrogen-bond donors (Lipinski definition) is 2. The van der Waals surface area contributed by atoms with E-state index in [9.17, 15) is 9.18 Å². The van der Waals surface area contributed by atoms with Crippen LogP contribution in [0.15, 0.2) is 36.7 Å². The molecular formula is C23H25FN6OS. The standard InChI is InChI=1S/C23H25FN6OS/c24-16-3-1-11-26-21(16)23(9-2-10-23)14-28-20-7-5-18(29-30-20)22-27-13-15(32-22)4-6-19(31)17-8-12-25-17/h1,3,5,7,11,13,17,25H,2,4,6,8-10,12,14H2,(H,28,30)/t17-/m0/s1. The minimum Gasteiger partial charge on any atom is -0.368 e. The highest BCUT2D eigenvalue weighted by molar-refractivity contribution is 7.15. The maximum Gasteiger partial charge on any atom is 0.150 e. The monoisotopic (exact) mass is 452 g/mol. The van der Waals surface area contributed by atoms with Crippen molar-refractivity contribution < 1.29 is 9.18 Å². The Kier molecular flexibility index (Phi) is 5.93. The first kappa shape index (κ1) is 21.1. The van der Waals surface area contributed by atoms with Gasteiger partial charge in [-0.1, -0.05) is 6.42 Å². The first-order chi connectivity index (χ1) is 15.6. The first-order valence-corrected chi connectivity index (χ1v) is 11.8. The van der Waals surface area contributed by atoms with Crippen molar-refractivity contribution in [1.82, 2.24) is 25.5 Å². The van der Waals surface area contributed by atoms with Gasteiger partial charge in [-0.25, -0.2) is 9.37 Å².